The van der Waals surface area contributed by atoms with Gasteiger partial charge in [-0.05, 0) is 63.2 Å². The standard InChI is InChI=1S/C15H26O3/c1-4-18-10-15-6-11(2)5-12(8-15)7-14(3,9-15)13(16)17/h11-12H,4-10H2,1-3H3,(H,16,17). The van der Waals surface area contributed by atoms with Gasteiger partial charge in [-0.1, -0.05) is 6.92 Å². The van der Waals surface area contributed by atoms with Crippen LogP contribution in [-0.4, -0.2) is 24.3 Å². The first-order valence-corrected chi connectivity index (χ1v) is 7.20. The van der Waals surface area contributed by atoms with Crippen LogP contribution < -0.4 is 0 Å². The van der Waals surface area contributed by atoms with Gasteiger partial charge in [0.05, 0.1) is 12.0 Å². The van der Waals surface area contributed by atoms with Gasteiger partial charge in [-0.15, -0.1) is 0 Å². The Hall–Kier alpha value is -0.570. The quantitative estimate of drug-likeness (QED) is 0.837. The minimum atomic E-state index is -0.623. The summed E-state index contributed by atoms with van der Waals surface area (Å²) in [4.78, 5) is 11.6. The molecule has 1 N–H and O–H groups in total. The van der Waals surface area contributed by atoms with Crippen LogP contribution in [0, 0.1) is 22.7 Å². The molecule has 0 heterocycles. The van der Waals surface area contributed by atoms with E-state index in [0.717, 1.165) is 32.5 Å². The van der Waals surface area contributed by atoms with E-state index in [-0.39, 0.29) is 5.41 Å². The van der Waals surface area contributed by atoms with Gasteiger partial charge in [0.15, 0.2) is 0 Å². The maximum absolute atomic E-state index is 11.6. The first-order valence-electron chi connectivity index (χ1n) is 7.20. The first-order chi connectivity index (χ1) is 8.39. The van der Waals surface area contributed by atoms with E-state index in [9.17, 15) is 9.90 Å². The van der Waals surface area contributed by atoms with Crippen molar-refractivity contribution < 1.29 is 14.6 Å². The van der Waals surface area contributed by atoms with Crippen LogP contribution in [0.1, 0.15) is 52.9 Å². The van der Waals surface area contributed by atoms with Crippen molar-refractivity contribution in [3.63, 3.8) is 0 Å². The highest BCUT2D eigenvalue weighted by Crippen LogP contribution is 2.57. The maximum Gasteiger partial charge on any atom is 0.309 e. The highest BCUT2D eigenvalue weighted by Gasteiger charge is 2.52. The number of rotatable bonds is 4. The Balaban J connectivity index is 2.20. The number of aliphatic carboxylic acids is 1. The van der Waals surface area contributed by atoms with Crippen molar-refractivity contribution in [2.24, 2.45) is 22.7 Å². The summed E-state index contributed by atoms with van der Waals surface area (Å²) in [6.07, 6.45) is 5.13. The number of carboxylic acids is 1. The van der Waals surface area contributed by atoms with E-state index >= 15 is 0 Å². The Bertz CT molecular complexity index is 324. The summed E-state index contributed by atoms with van der Waals surface area (Å²) in [7, 11) is 0. The zero-order chi connectivity index (χ0) is 13.4. The van der Waals surface area contributed by atoms with Crippen LogP contribution in [0.2, 0.25) is 0 Å². The topological polar surface area (TPSA) is 46.5 Å². The zero-order valence-corrected chi connectivity index (χ0v) is 11.9. The third kappa shape index (κ3) is 2.56. The molecule has 18 heavy (non-hydrogen) atoms. The molecule has 2 rings (SSSR count). The summed E-state index contributed by atoms with van der Waals surface area (Å²) >= 11 is 0. The third-order valence-electron chi connectivity index (χ3n) is 4.87. The van der Waals surface area contributed by atoms with Gasteiger partial charge in [-0.2, -0.15) is 0 Å². The SMILES string of the molecule is CCOCC12CC(C)CC(C1)CC(C)(C(=O)O)C2. The number of hydrogen-bond donors (Lipinski definition) is 1. The lowest BCUT2D eigenvalue weighted by Crippen LogP contribution is -2.49. The molecule has 0 spiro atoms. The lowest BCUT2D eigenvalue weighted by Gasteiger charge is -2.52. The Morgan fingerprint density at radius 1 is 1.39 bits per heavy atom. The van der Waals surface area contributed by atoms with Crippen LogP contribution >= 0.6 is 0 Å². The van der Waals surface area contributed by atoms with Crippen LogP contribution in [0.5, 0.6) is 0 Å². The smallest absolute Gasteiger partial charge is 0.309 e. The van der Waals surface area contributed by atoms with Gasteiger partial charge in [-0.25, -0.2) is 0 Å². The number of carbonyl (C=O) groups is 1. The fraction of sp³-hybridized carbons (Fsp3) is 0.933. The van der Waals surface area contributed by atoms with Crippen molar-refractivity contribution in [3.05, 3.63) is 0 Å². The van der Waals surface area contributed by atoms with Gasteiger partial charge < -0.3 is 9.84 Å². The second kappa shape index (κ2) is 4.84. The normalized spacial score (nSPS) is 43.7. The number of carboxylic acid groups (broad SMARTS) is 1. The molecule has 0 aliphatic heterocycles. The van der Waals surface area contributed by atoms with Crippen molar-refractivity contribution in [2.75, 3.05) is 13.2 Å². The minimum absolute atomic E-state index is 0.115. The van der Waals surface area contributed by atoms with E-state index in [1.807, 2.05) is 13.8 Å². The van der Waals surface area contributed by atoms with Gasteiger partial charge in [0.25, 0.3) is 0 Å². The summed E-state index contributed by atoms with van der Waals surface area (Å²) < 4.78 is 5.68. The summed E-state index contributed by atoms with van der Waals surface area (Å²) in [5, 5.41) is 9.52. The van der Waals surface area contributed by atoms with Gasteiger partial charge in [0.2, 0.25) is 0 Å². The molecule has 0 saturated heterocycles. The molecule has 3 heteroatoms. The average molecular weight is 254 g/mol. The molecule has 2 aliphatic carbocycles. The lowest BCUT2D eigenvalue weighted by molar-refractivity contribution is -0.160. The monoisotopic (exact) mass is 254 g/mol. The Morgan fingerprint density at radius 3 is 2.72 bits per heavy atom. The summed E-state index contributed by atoms with van der Waals surface area (Å²) in [5.74, 6) is 0.661. The molecular formula is C15H26O3. The molecule has 3 nitrogen and oxygen atoms in total. The van der Waals surface area contributed by atoms with Crippen molar-refractivity contribution in [2.45, 2.75) is 52.9 Å². The number of fused-ring (bicyclic) bond motifs is 2. The van der Waals surface area contributed by atoms with Crippen LogP contribution in [0.15, 0.2) is 0 Å². The van der Waals surface area contributed by atoms with E-state index in [2.05, 4.69) is 6.92 Å². The van der Waals surface area contributed by atoms with Gasteiger partial charge in [0.1, 0.15) is 0 Å². The first kappa shape index (κ1) is 13.9. The molecule has 2 fully saturated rings. The molecule has 2 aliphatic rings. The molecule has 0 amide bonds. The highest BCUT2D eigenvalue weighted by molar-refractivity contribution is 5.74. The van der Waals surface area contributed by atoms with E-state index in [0.29, 0.717) is 11.8 Å². The maximum atomic E-state index is 11.6. The molecule has 4 atom stereocenters. The lowest BCUT2D eigenvalue weighted by atomic mass is 9.52. The predicted molar refractivity (Wildman–Crippen MR) is 70.4 cm³/mol. The molecule has 0 aromatic carbocycles. The van der Waals surface area contributed by atoms with Gasteiger partial charge in [0, 0.05) is 6.61 Å². The van der Waals surface area contributed by atoms with Crippen molar-refractivity contribution in [3.8, 4) is 0 Å². The molecule has 0 radical (unpaired) electrons. The molecule has 0 aromatic heterocycles. The van der Waals surface area contributed by atoms with Gasteiger partial charge >= 0.3 is 5.97 Å². The molecule has 0 aromatic rings. The van der Waals surface area contributed by atoms with Crippen LogP contribution in [-0.2, 0) is 9.53 Å². The van der Waals surface area contributed by atoms with Gasteiger partial charge in [-0.3, -0.25) is 4.79 Å². The Kier molecular flexibility index (Phi) is 3.72. The summed E-state index contributed by atoms with van der Waals surface area (Å²) in [6, 6.07) is 0. The van der Waals surface area contributed by atoms with Crippen molar-refractivity contribution >= 4 is 5.97 Å². The van der Waals surface area contributed by atoms with E-state index in [1.165, 1.54) is 12.8 Å². The molecule has 4 unspecified atom stereocenters. The summed E-state index contributed by atoms with van der Waals surface area (Å²) in [5.41, 5.74) is -0.427. The van der Waals surface area contributed by atoms with Crippen LogP contribution in [0.4, 0.5) is 0 Å². The van der Waals surface area contributed by atoms with Crippen molar-refractivity contribution in [1.82, 2.24) is 0 Å². The summed E-state index contributed by atoms with van der Waals surface area (Å²) in [6.45, 7) is 7.71. The second-order valence-corrected chi connectivity index (χ2v) is 7.00. The fourth-order valence-corrected chi connectivity index (χ4v) is 4.66. The number of ether oxygens (including phenoxy) is 1. The Labute approximate surface area is 110 Å². The van der Waals surface area contributed by atoms with E-state index in [4.69, 9.17) is 4.74 Å². The Morgan fingerprint density at radius 2 is 2.11 bits per heavy atom. The number of hydrogen-bond acceptors (Lipinski definition) is 2. The average Bonchev–Trinajstić information content (AvgIpc) is 2.24. The largest absolute Gasteiger partial charge is 0.481 e. The molecule has 104 valence electrons. The molecule has 2 bridgehead atoms. The second-order valence-electron chi connectivity index (χ2n) is 7.00. The zero-order valence-electron chi connectivity index (χ0n) is 11.9. The van der Waals surface area contributed by atoms with Crippen LogP contribution in [0.3, 0.4) is 0 Å². The molecular weight excluding hydrogens is 228 g/mol. The van der Waals surface area contributed by atoms with E-state index in [1.54, 1.807) is 0 Å². The highest BCUT2D eigenvalue weighted by atomic mass is 16.5. The molecule has 2 saturated carbocycles. The third-order valence-corrected chi connectivity index (χ3v) is 4.87. The van der Waals surface area contributed by atoms with Crippen LogP contribution in [0.25, 0.3) is 0 Å². The van der Waals surface area contributed by atoms with Crippen molar-refractivity contribution in [1.29, 1.82) is 0 Å². The van der Waals surface area contributed by atoms with E-state index < -0.39 is 11.4 Å². The minimum Gasteiger partial charge on any atom is -0.481 e. The fourth-order valence-electron chi connectivity index (χ4n) is 4.66. The predicted octanol–water partition coefficient (Wildman–Crippen LogP) is 3.33.